The molecule has 1 aliphatic heterocycles. The van der Waals surface area contributed by atoms with Crippen LogP contribution in [0.1, 0.15) is 34.1 Å². The number of anilines is 2. The number of carbonyl (C=O) groups excluding carboxylic acids is 3. The monoisotopic (exact) mass is 515 g/mol. The van der Waals surface area contributed by atoms with Crippen LogP contribution in [0.4, 0.5) is 11.4 Å². The first kappa shape index (κ1) is 26.9. The molecule has 1 fully saturated rings. The topological polar surface area (TPSA) is 120 Å². The van der Waals surface area contributed by atoms with E-state index in [1.807, 2.05) is 0 Å². The minimum Gasteiger partial charge on any atom is -0.352 e. The second-order valence-corrected chi connectivity index (χ2v) is 9.33. The molecule has 3 heterocycles. The number of nitrogens with zero attached hydrogens (tertiary/aromatic N) is 4. The average molecular weight is 516 g/mol. The Labute approximate surface area is 222 Å². The van der Waals surface area contributed by atoms with Crippen LogP contribution in [0.15, 0.2) is 60.9 Å². The van der Waals surface area contributed by atoms with E-state index in [2.05, 4.69) is 42.8 Å². The van der Waals surface area contributed by atoms with Gasteiger partial charge in [-0.25, -0.2) is 0 Å². The molecule has 0 saturated carbocycles. The van der Waals surface area contributed by atoms with Gasteiger partial charge in [0.25, 0.3) is 11.8 Å². The standard InChI is InChI=1S/C28H33N7O3/c1-20(36)32-23-5-7-24(8-6-23)33-28(38)22-4-9-25(31-19-22)26-18-21(10-12-29-26)27(37)30-11-3-13-35-16-14-34(2)15-17-35/h4-10,12,18-19H,3,11,13-17H2,1-2H3,(H,30,37)(H,32,36)(H,33,38). The zero-order valence-corrected chi connectivity index (χ0v) is 21.7. The van der Waals surface area contributed by atoms with Crippen molar-refractivity contribution in [1.29, 1.82) is 0 Å². The molecular formula is C28H33N7O3. The first-order valence-electron chi connectivity index (χ1n) is 12.7. The van der Waals surface area contributed by atoms with Crippen molar-refractivity contribution in [2.45, 2.75) is 13.3 Å². The van der Waals surface area contributed by atoms with Gasteiger partial charge in [0.2, 0.25) is 5.91 Å². The van der Waals surface area contributed by atoms with Crippen LogP contribution >= 0.6 is 0 Å². The van der Waals surface area contributed by atoms with Crippen LogP contribution in [0.3, 0.4) is 0 Å². The van der Waals surface area contributed by atoms with Gasteiger partial charge in [-0.05, 0) is 68.5 Å². The van der Waals surface area contributed by atoms with Crippen LogP contribution < -0.4 is 16.0 Å². The van der Waals surface area contributed by atoms with Crippen molar-refractivity contribution >= 4 is 29.1 Å². The Bertz CT molecular complexity index is 1250. The van der Waals surface area contributed by atoms with E-state index < -0.39 is 0 Å². The number of hydrogen-bond donors (Lipinski definition) is 3. The number of likely N-dealkylation sites (N-methyl/N-ethyl adjacent to an activating group) is 1. The highest BCUT2D eigenvalue weighted by Crippen LogP contribution is 2.18. The quantitative estimate of drug-likeness (QED) is 0.375. The van der Waals surface area contributed by atoms with Gasteiger partial charge in [-0.3, -0.25) is 24.4 Å². The highest BCUT2D eigenvalue weighted by atomic mass is 16.2. The predicted octanol–water partition coefficient (Wildman–Crippen LogP) is 2.72. The van der Waals surface area contributed by atoms with Gasteiger partial charge >= 0.3 is 0 Å². The Hall–Kier alpha value is -4.15. The molecule has 3 aromatic rings. The van der Waals surface area contributed by atoms with Gasteiger partial charge in [0.1, 0.15) is 0 Å². The minimum absolute atomic E-state index is 0.146. The molecule has 0 unspecified atom stereocenters. The Morgan fingerprint density at radius 1 is 0.816 bits per heavy atom. The number of rotatable bonds is 9. The lowest BCUT2D eigenvalue weighted by atomic mass is 10.1. The Morgan fingerprint density at radius 3 is 2.18 bits per heavy atom. The summed E-state index contributed by atoms with van der Waals surface area (Å²) in [5, 5.41) is 8.47. The lowest BCUT2D eigenvalue weighted by Crippen LogP contribution is -2.45. The van der Waals surface area contributed by atoms with E-state index in [-0.39, 0.29) is 17.7 Å². The summed E-state index contributed by atoms with van der Waals surface area (Å²) in [6, 6.07) is 13.6. The summed E-state index contributed by atoms with van der Waals surface area (Å²) in [4.78, 5) is 49.9. The molecule has 3 N–H and O–H groups in total. The van der Waals surface area contributed by atoms with Crippen molar-refractivity contribution in [3.05, 3.63) is 72.1 Å². The molecule has 1 saturated heterocycles. The molecule has 0 aliphatic carbocycles. The second-order valence-electron chi connectivity index (χ2n) is 9.33. The number of aromatic nitrogens is 2. The largest absolute Gasteiger partial charge is 0.352 e. The average Bonchev–Trinajstić information content (AvgIpc) is 2.93. The van der Waals surface area contributed by atoms with Gasteiger partial charge < -0.3 is 25.8 Å². The lowest BCUT2D eigenvalue weighted by Gasteiger charge is -2.32. The summed E-state index contributed by atoms with van der Waals surface area (Å²) in [6.45, 7) is 7.33. The zero-order valence-electron chi connectivity index (χ0n) is 21.7. The fourth-order valence-electron chi connectivity index (χ4n) is 4.11. The maximum Gasteiger partial charge on any atom is 0.257 e. The third-order valence-electron chi connectivity index (χ3n) is 6.31. The molecule has 4 rings (SSSR count). The summed E-state index contributed by atoms with van der Waals surface area (Å²) in [5.41, 5.74) is 3.25. The maximum absolute atomic E-state index is 12.7. The molecule has 10 heteroatoms. The van der Waals surface area contributed by atoms with Crippen molar-refractivity contribution in [3.8, 4) is 11.4 Å². The normalized spacial score (nSPS) is 14.1. The Morgan fingerprint density at radius 2 is 1.53 bits per heavy atom. The molecule has 3 amide bonds. The van der Waals surface area contributed by atoms with Crippen LogP contribution in [0, 0.1) is 0 Å². The molecule has 0 radical (unpaired) electrons. The fraction of sp³-hybridized carbons (Fsp3) is 0.321. The minimum atomic E-state index is -0.311. The molecule has 198 valence electrons. The molecule has 38 heavy (non-hydrogen) atoms. The van der Waals surface area contributed by atoms with Crippen LogP contribution in [-0.4, -0.2) is 83.8 Å². The highest BCUT2D eigenvalue weighted by Gasteiger charge is 2.14. The van der Waals surface area contributed by atoms with Gasteiger partial charge in [-0.1, -0.05) is 0 Å². The van der Waals surface area contributed by atoms with Crippen LogP contribution in [0.5, 0.6) is 0 Å². The van der Waals surface area contributed by atoms with E-state index in [1.54, 1.807) is 54.7 Å². The van der Waals surface area contributed by atoms with Crippen LogP contribution in [0.2, 0.25) is 0 Å². The summed E-state index contributed by atoms with van der Waals surface area (Å²) in [7, 11) is 2.14. The molecule has 1 aromatic carbocycles. The first-order valence-corrected chi connectivity index (χ1v) is 12.7. The summed E-state index contributed by atoms with van der Waals surface area (Å²) in [5.74, 6) is -0.619. The van der Waals surface area contributed by atoms with Gasteiger partial charge in [0.15, 0.2) is 0 Å². The van der Waals surface area contributed by atoms with Crippen molar-refractivity contribution in [2.24, 2.45) is 0 Å². The predicted molar refractivity (Wildman–Crippen MR) is 147 cm³/mol. The molecule has 0 bridgehead atoms. The number of carbonyl (C=O) groups is 3. The van der Waals surface area contributed by atoms with Crippen molar-refractivity contribution in [1.82, 2.24) is 25.1 Å². The second kappa shape index (κ2) is 12.9. The first-order chi connectivity index (χ1) is 18.4. The Kier molecular flexibility index (Phi) is 9.12. The summed E-state index contributed by atoms with van der Waals surface area (Å²) >= 11 is 0. The molecule has 0 atom stereocenters. The molecule has 1 aliphatic rings. The van der Waals surface area contributed by atoms with Crippen molar-refractivity contribution in [3.63, 3.8) is 0 Å². The van der Waals surface area contributed by atoms with Gasteiger partial charge in [-0.2, -0.15) is 0 Å². The van der Waals surface area contributed by atoms with Crippen LogP contribution in [0.25, 0.3) is 11.4 Å². The van der Waals surface area contributed by atoms with E-state index in [0.29, 0.717) is 40.4 Å². The number of amides is 3. The Balaban J connectivity index is 1.29. The maximum atomic E-state index is 12.7. The van der Waals surface area contributed by atoms with Crippen molar-refractivity contribution in [2.75, 3.05) is 56.9 Å². The van der Waals surface area contributed by atoms with Crippen molar-refractivity contribution < 1.29 is 14.4 Å². The number of pyridine rings is 2. The van der Waals surface area contributed by atoms with Gasteiger partial charge in [-0.15, -0.1) is 0 Å². The molecule has 0 spiro atoms. The summed E-state index contributed by atoms with van der Waals surface area (Å²) < 4.78 is 0. The van der Waals surface area contributed by atoms with E-state index in [9.17, 15) is 14.4 Å². The van der Waals surface area contributed by atoms with E-state index in [4.69, 9.17) is 0 Å². The van der Waals surface area contributed by atoms with E-state index in [1.165, 1.54) is 13.1 Å². The number of hydrogen-bond acceptors (Lipinski definition) is 7. The zero-order chi connectivity index (χ0) is 26.9. The molecular weight excluding hydrogens is 482 g/mol. The highest BCUT2D eigenvalue weighted by molar-refractivity contribution is 6.04. The van der Waals surface area contributed by atoms with Gasteiger partial charge in [0.05, 0.1) is 17.0 Å². The van der Waals surface area contributed by atoms with E-state index in [0.717, 1.165) is 39.1 Å². The number of nitrogens with one attached hydrogen (secondary N) is 3. The fourth-order valence-corrected chi connectivity index (χ4v) is 4.11. The third-order valence-corrected chi connectivity index (χ3v) is 6.31. The lowest BCUT2D eigenvalue weighted by molar-refractivity contribution is -0.114. The smallest absolute Gasteiger partial charge is 0.257 e. The number of benzene rings is 1. The molecule has 2 aromatic heterocycles. The van der Waals surface area contributed by atoms with Gasteiger partial charge in [0, 0.05) is 69.0 Å². The number of piperazine rings is 1. The molecule has 10 nitrogen and oxygen atoms in total. The summed E-state index contributed by atoms with van der Waals surface area (Å²) in [6.07, 6.45) is 3.96. The SMILES string of the molecule is CC(=O)Nc1ccc(NC(=O)c2ccc(-c3cc(C(=O)NCCCN4CCN(C)CC4)ccn3)nc2)cc1. The van der Waals surface area contributed by atoms with E-state index >= 15 is 0 Å². The third kappa shape index (κ3) is 7.67. The van der Waals surface area contributed by atoms with Crippen LogP contribution in [-0.2, 0) is 4.79 Å².